The third-order valence-corrected chi connectivity index (χ3v) is 9.98. The summed E-state index contributed by atoms with van der Waals surface area (Å²) in [5.74, 6) is -20.8. The number of benzene rings is 4. The number of aliphatic hydroxyl groups excluding tert-OH is 1. The Morgan fingerprint density at radius 2 is 1.04 bits per heavy atom. The predicted octanol–water partition coefficient (Wildman–Crippen LogP) is 9.98. The van der Waals surface area contributed by atoms with Crippen molar-refractivity contribution < 1.29 is 62.9 Å². The van der Waals surface area contributed by atoms with Gasteiger partial charge in [0.1, 0.15) is 51.9 Å². The molecule has 280 valence electrons. The molecule has 54 heavy (non-hydrogen) atoms. The Bertz CT molecular complexity index is 2200. The molecular formula is C36H21F11N4O3. The normalized spacial score (nSPS) is 26.5. The average molecular weight is 767 g/mol. The van der Waals surface area contributed by atoms with Crippen LogP contribution >= 0.6 is 0 Å². The minimum atomic E-state index is -4.67. The van der Waals surface area contributed by atoms with Gasteiger partial charge in [-0.1, -0.05) is 0 Å². The second-order valence-electron chi connectivity index (χ2n) is 13.1. The SMILES string of the molecule is [C-]#[N+]c1cc(F)cc(Oc2ccc3c4c2C(F)CC4(N)C(F)(F)C3(F)F)c1.[C-]#[N+]c1cc(F)cc(Oc2ccc3c4c2C(O)CC4(N)C(F)(F)C3(F)F)c1. The fourth-order valence-electron chi connectivity index (χ4n) is 7.57. The summed E-state index contributed by atoms with van der Waals surface area (Å²) >= 11 is 0. The van der Waals surface area contributed by atoms with Crippen molar-refractivity contribution in [3.63, 3.8) is 0 Å². The molecule has 7 nitrogen and oxygen atoms in total. The lowest BCUT2D eigenvalue weighted by Crippen LogP contribution is -2.53. The summed E-state index contributed by atoms with van der Waals surface area (Å²) in [6, 6.07) is 9.48. The van der Waals surface area contributed by atoms with E-state index < -0.39 is 99.3 Å². The van der Waals surface area contributed by atoms with Crippen LogP contribution in [0.3, 0.4) is 0 Å². The summed E-state index contributed by atoms with van der Waals surface area (Å²) in [5.41, 5.74) is 1.42. The summed E-state index contributed by atoms with van der Waals surface area (Å²) in [6.07, 6.45) is -5.46. The van der Waals surface area contributed by atoms with Crippen LogP contribution in [0.2, 0.25) is 0 Å². The minimum absolute atomic E-state index is 0.0747. The summed E-state index contributed by atoms with van der Waals surface area (Å²) < 4.78 is 167. The fraction of sp³-hybridized carbons (Fsp3) is 0.278. The van der Waals surface area contributed by atoms with Crippen LogP contribution in [0.1, 0.15) is 58.5 Å². The van der Waals surface area contributed by atoms with E-state index in [1.54, 1.807) is 0 Å². The standard InChI is InChI=1S/C18H10F6N2O.C18H11F5N2O2/c1-26-9-4-8(19)5-10(6-9)27-13-3-2-11-15-14(13)12(20)7-16(15,25)18(23,24)17(11,21)22;1-25-9-4-8(19)5-10(6-9)27-13-3-2-11-15-14(13)12(26)7-16(15,24)18(22,23)17(11,20)21/h2-6,12H,7,25H2;2-6,12,26H,7,24H2. The molecule has 18 heteroatoms. The number of hydrogen-bond acceptors (Lipinski definition) is 5. The van der Waals surface area contributed by atoms with E-state index in [1.165, 1.54) is 6.07 Å². The molecule has 8 rings (SSSR count). The van der Waals surface area contributed by atoms with Crippen molar-refractivity contribution in [2.24, 2.45) is 11.5 Å². The van der Waals surface area contributed by atoms with Gasteiger partial charge >= 0.3 is 23.7 Å². The van der Waals surface area contributed by atoms with E-state index in [1.807, 2.05) is 0 Å². The lowest BCUT2D eigenvalue weighted by Gasteiger charge is -2.31. The maximum Gasteiger partial charge on any atom is 0.337 e. The van der Waals surface area contributed by atoms with Gasteiger partial charge in [0.2, 0.25) is 0 Å². The van der Waals surface area contributed by atoms with Crippen LogP contribution in [-0.2, 0) is 22.9 Å². The van der Waals surface area contributed by atoms with Gasteiger partial charge in [0.05, 0.1) is 19.2 Å². The van der Waals surface area contributed by atoms with Crippen molar-refractivity contribution in [2.45, 2.75) is 59.9 Å². The van der Waals surface area contributed by atoms with Crippen LogP contribution in [0.25, 0.3) is 9.69 Å². The predicted molar refractivity (Wildman–Crippen MR) is 166 cm³/mol. The van der Waals surface area contributed by atoms with Crippen LogP contribution in [-0.4, -0.2) is 17.0 Å². The van der Waals surface area contributed by atoms with Crippen LogP contribution in [0.15, 0.2) is 60.7 Å². The molecule has 0 heterocycles. The smallest absolute Gasteiger partial charge is 0.337 e. The van der Waals surface area contributed by atoms with Gasteiger partial charge < -0.3 is 26.0 Å². The Morgan fingerprint density at radius 3 is 1.48 bits per heavy atom. The Hall–Kier alpha value is -5.43. The molecule has 4 atom stereocenters. The zero-order valence-electron chi connectivity index (χ0n) is 26.8. The molecule has 4 aliphatic carbocycles. The number of ether oxygens (including phenoxy) is 2. The lowest BCUT2D eigenvalue weighted by molar-refractivity contribution is -0.239. The largest absolute Gasteiger partial charge is 0.458 e. The molecule has 4 unspecified atom stereocenters. The van der Waals surface area contributed by atoms with Crippen LogP contribution in [0.4, 0.5) is 59.7 Å². The first kappa shape index (κ1) is 36.9. The third kappa shape index (κ3) is 4.76. The Balaban J connectivity index is 0.000000167. The summed E-state index contributed by atoms with van der Waals surface area (Å²) in [7, 11) is 0. The molecule has 5 N–H and O–H groups in total. The molecule has 0 aromatic heterocycles. The third-order valence-electron chi connectivity index (χ3n) is 9.98. The van der Waals surface area contributed by atoms with Gasteiger partial charge in [-0.05, 0) is 59.7 Å². The van der Waals surface area contributed by atoms with E-state index in [2.05, 4.69) is 9.69 Å². The molecule has 4 aromatic carbocycles. The van der Waals surface area contributed by atoms with E-state index >= 15 is 0 Å². The van der Waals surface area contributed by atoms with Gasteiger partial charge in [-0.15, -0.1) is 0 Å². The molecule has 0 spiro atoms. The molecule has 0 saturated carbocycles. The monoisotopic (exact) mass is 766 g/mol. The number of hydrogen-bond donors (Lipinski definition) is 3. The van der Waals surface area contributed by atoms with Crippen molar-refractivity contribution in [1.82, 2.24) is 0 Å². The van der Waals surface area contributed by atoms with Crippen molar-refractivity contribution >= 4 is 11.4 Å². The lowest BCUT2D eigenvalue weighted by atomic mass is 9.91. The Morgan fingerprint density at radius 1 is 0.630 bits per heavy atom. The topological polar surface area (TPSA) is 99.5 Å². The molecule has 0 bridgehead atoms. The highest BCUT2D eigenvalue weighted by atomic mass is 19.3. The highest BCUT2D eigenvalue weighted by Gasteiger charge is 2.79. The number of alkyl halides is 9. The zero-order valence-corrected chi connectivity index (χ0v) is 26.8. The maximum atomic E-state index is 14.5. The number of aliphatic hydroxyl groups is 1. The summed E-state index contributed by atoms with van der Waals surface area (Å²) in [6.45, 7) is 13.8. The van der Waals surface area contributed by atoms with Gasteiger partial charge in [0.25, 0.3) is 0 Å². The number of nitrogens with zero attached hydrogens (tertiary/aromatic N) is 2. The summed E-state index contributed by atoms with van der Waals surface area (Å²) in [4.78, 5) is 6.11. The molecule has 0 fully saturated rings. The second kappa shape index (κ2) is 11.5. The first-order valence-electron chi connectivity index (χ1n) is 15.5. The summed E-state index contributed by atoms with van der Waals surface area (Å²) in [5, 5.41) is 10.2. The molecule has 0 radical (unpaired) electrons. The van der Waals surface area contributed by atoms with Gasteiger partial charge in [0, 0.05) is 47.2 Å². The number of halogens is 11. The van der Waals surface area contributed by atoms with Crippen molar-refractivity contribution in [2.75, 3.05) is 0 Å². The number of nitrogens with two attached hydrogens (primary N) is 2. The van der Waals surface area contributed by atoms with Crippen molar-refractivity contribution in [1.29, 1.82) is 0 Å². The average Bonchev–Trinajstić information content (AvgIpc) is 3.61. The minimum Gasteiger partial charge on any atom is -0.458 e. The Labute approximate surface area is 297 Å². The second-order valence-corrected chi connectivity index (χ2v) is 13.1. The molecule has 0 saturated heterocycles. The first-order chi connectivity index (χ1) is 25.1. The zero-order chi connectivity index (χ0) is 39.6. The number of rotatable bonds is 4. The Kier molecular flexibility index (Phi) is 7.88. The molecule has 4 aromatic rings. The highest BCUT2D eigenvalue weighted by Crippen LogP contribution is 2.69. The van der Waals surface area contributed by atoms with Gasteiger partial charge in [-0.3, -0.25) is 0 Å². The van der Waals surface area contributed by atoms with Gasteiger partial charge in [-0.2, -0.15) is 35.1 Å². The van der Waals surface area contributed by atoms with Crippen molar-refractivity contribution in [3.05, 3.63) is 129 Å². The van der Waals surface area contributed by atoms with Crippen LogP contribution in [0.5, 0.6) is 23.0 Å². The molecule has 0 aliphatic heterocycles. The highest BCUT2D eigenvalue weighted by molar-refractivity contribution is 5.63. The van der Waals surface area contributed by atoms with Crippen LogP contribution in [0, 0.1) is 24.8 Å². The molecular weight excluding hydrogens is 745 g/mol. The fourth-order valence-corrected chi connectivity index (χ4v) is 7.57. The molecule has 4 aliphatic rings. The van der Waals surface area contributed by atoms with E-state index in [0.29, 0.717) is 6.07 Å². The quantitative estimate of drug-likeness (QED) is 0.142. The first-order valence-corrected chi connectivity index (χ1v) is 15.5. The van der Waals surface area contributed by atoms with E-state index in [4.69, 9.17) is 34.1 Å². The van der Waals surface area contributed by atoms with E-state index in [9.17, 15) is 53.4 Å². The van der Waals surface area contributed by atoms with Gasteiger partial charge in [-0.25, -0.2) is 22.9 Å². The van der Waals surface area contributed by atoms with Crippen molar-refractivity contribution in [3.8, 4) is 23.0 Å². The van der Waals surface area contributed by atoms with E-state index in [0.717, 1.165) is 48.5 Å². The van der Waals surface area contributed by atoms with E-state index in [-0.39, 0.29) is 39.9 Å². The van der Waals surface area contributed by atoms with Crippen LogP contribution < -0.4 is 20.9 Å². The molecule has 0 amide bonds. The van der Waals surface area contributed by atoms with Gasteiger partial charge in [0.15, 0.2) is 11.4 Å². The maximum absolute atomic E-state index is 14.5.